The molecule has 0 aliphatic rings. The van der Waals surface area contributed by atoms with Crippen LogP contribution in [-0.2, 0) is 11.2 Å². The second kappa shape index (κ2) is 8.73. The number of amides is 1. The third-order valence-corrected chi connectivity index (χ3v) is 4.83. The van der Waals surface area contributed by atoms with E-state index in [9.17, 15) is 4.79 Å². The average molecular weight is 401 g/mol. The molecule has 1 unspecified atom stereocenters. The first-order valence-corrected chi connectivity index (χ1v) is 9.86. The highest BCUT2D eigenvalue weighted by Crippen LogP contribution is 2.23. The molecule has 0 aliphatic carbocycles. The van der Waals surface area contributed by atoms with Crippen molar-refractivity contribution >= 4 is 5.91 Å². The second-order valence-corrected chi connectivity index (χ2v) is 7.41. The molecule has 0 aliphatic heterocycles. The number of carbonyl (C=O) groups excluding carboxylic acids is 1. The molecule has 1 atom stereocenters. The lowest BCUT2D eigenvalue weighted by Gasteiger charge is -2.18. The van der Waals surface area contributed by atoms with Crippen LogP contribution < -0.4 is 5.32 Å². The third kappa shape index (κ3) is 4.46. The van der Waals surface area contributed by atoms with Crippen LogP contribution in [0, 0.1) is 5.92 Å². The molecule has 0 bridgehead atoms. The van der Waals surface area contributed by atoms with Gasteiger partial charge >= 0.3 is 0 Å². The monoisotopic (exact) mass is 401 g/mol. The number of hydrogen-bond donors (Lipinski definition) is 1. The van der Waals surface area contributed by atoms with Gasteiger partial charge in [0.2, 0.25) is 17.6 Å². The molecule has 1 amide bonds. The molecular weight excluding hydrogens is 378 g/mol. The van der Waals surface area contributed by atoms with Gasteiger partial charge in [-0.25, -0.2) is 0 Å². The summed E-state index contributed by atoms with van der Waals surface area (Å²) >= 11 is 0. The number of rotatable bonds is 7. The van der Waals surface area contributed by atoms with Crippen LogP contribution in [-0.4, -0.2) is 25.6 Å². The van der Waals surface area contributed by atoms with Crippen LogP contribution >= 0.6 is 0 Å². The zero-order chi connectivity index (χ0) is 20.9. The summed E-state index contributed by atoms with van der Waals surface area (Å²) in [5.41, 5.74) is 2.81. The topological polar surface area (TPSA) is 85.8 Å². The van der Waals surface area contributed by atoms with E-state index < -0.39 is 0 Å². The second-order valence-electron chi connectivity index (χ2n) is 7.41. The van der Waals surface area contributed by atoms with Crippen molar-refractivity contribution in [2.24, 2.45) is 5.92 Å². The number of aromatic nitrogens is 4. The molecular formula is C23H23N5O2. The van der Waals surface area contributed by atoms with Crippen molar-refractivity contribution in [2.75, 3.05) is 0 Å². The molecule has 152 valence electrons. The van der Waals surface area contributed by atoms with Gasteiger partial charge in [0.15, 0.2) is 0 Å². The number of carbonyl (C=O) groups is 1. The zero-order valence-corrected chi connectivity index (χ0v) is 16.9. The molecule has 0 saturated heterocycles. The Hall–Kier alpha value is -3.74. The van der Waals surface area contributed by atoms with E-state index in [4.69, 9.17) is 4.52 Å². The Morgan fingerprint density at radius 2 is 1.77 bits per heavy atom. The summed E-state index contributed by atoms with van der Waals surface area (Å²) in [5.74, 6) is 0.878. The number of pyridine rings is 1. The molecule has 0 spiro atoms. The molecule has 3 heterocycles. The largest absolute Gasteiger partial charge is 0.344 e. The van der Waals surface area contributed by atoms with Crippen molar-refractivity contribution in [2.45, 2.75) is 26.3 Å². The summed E-state index contributed by atoms with van der Waals surface area (Å²) in [6.07, 6.45) is 7.60. The number of hydrogen-bond acceptors (Lipinski definition) is 5. The predicted molar refractivity (Wildman–Crippen MR) is 113 cm³/mol. The fourth-order valence-corrected chi connectivity index (χ4v) is 3.20. The van der Waals surface area contributed by atoms with Gasteiger partial charge in [0.25, 0.3) is 0 Å². The van der Waals surface area contributed by atoms with Gasteiger partial charge < -0.3 is 14.4 Å². The normalized spacial score (nSPS) is 12.1. The molecule has 30 heavy (non-hydrogen) atoms. The summed E-state index contributed by atoms with van der Waals surface area (Å²) in [5, 5.41) is 7.08. The summed E-state index contributed by atoms with van der Waals surface area (Å²) in [7, 11) is 0. The predicted octanol–water partition coefficient (Wildman–Crippen LogP) is 3.98. The Bertz CT molecular complexity index is 1090. The smallest absolute Gasteiger partial charge is 0.249 e. The SMILES string of the molecule is CC(C)C(NC(=O)Cc1ccc(-n2cccc2)cc1)c1nc(-c2ccncc2)no1. The maximum Gasteiger partial charge on any atom is 0.249 e. The maximum absolute atomic E-state index is 12.7. The molecule has 3 aromatic heterocycles. The van der Waals surface area contributed by atoms with Crippen molar-refractivity contribution in [3.8, 4) is 17.1 Å². The van der Waals surface area contributed by atoms with Crippen molar-refractivity contribution in [3.63, 3.8) is 0 Å². The molecule has 0 saturated carbocycles. The molecule has 7 heteroatoms. The van der Waals surface area contributed by atoms with Crippen LogP contribution in [0.5, 0.6) is 0 Å². The van der Waals surface area contributed by atoms with Crippen LogP contribution in [0.4, 0.5) is 0 Å². The van der Waals surface area contributed by atoms with Gasteiger partial charge in [0.1, 0.15) is 6.04 Å². The van der Waals surface area contributed by atoms with Gasteiger partial charge in [0, 0.05) is 36.0 Å². The van der Waals surface area contributed by atoms with Gasteiger partial charge in [-0.15, -0.1) is 0 Å². The Balaban J connectivity index is 1.43. The Kier molecular flexibility index (Phi) is 5.70. The van der Waals surface area contributed by atoms with E-state index in [1.807, 2.05) is 79.3 Å². The van der Waals surface area contributed by atoms with E-state index in [2.05, 4.69) is 20.4 Å². The summed E-state index contributed by atoms with van der Waals surface area (Å²) in [6, 6.07) is 15.2. The van der Waals surface area contributed by atoms with Gasteiger partial charge in [-0.05, 0) is 47.9 Å². The Morgan fingerprint density at radius 3 is 2.43 bits per heavy atom. The minimum Gasteiger partial charge on any atom is -0.344 e. The van der Waals surface area contributed by atoms with Crippen LogP contribution in [0.1, 0.15) is 31.3 Å². The van der Waals surface area contributed by atoms with Gasteiger partial charge in [0.05, 0.1) is 6.42 Å². The fourth-order valence-electron chi connectivity index (χ4n) is 3.20. The van der Waals surface area contributed by atoms with Gasteiger partial charge in [-0.3, -0.25) is 9.78 Å². The highest BCUT2D eigenvalue weighted by Gasteiger charge is 2.25. The molecule has 1 aromatic carbocycles. The van der Waals surface area contributed by atoms with Crippen LogP contribution in [0.25, 0.3) is 17.1 Å². The van der Waals surface area contributed by atoms with Crippen molar-refractivity contribution < 1.29 is 9.32 Å². The Morgan fingerprint density at radius 1 is 1.07 bits per heavy atom. The standard InChI is InChI=1S/C23H23N5O2/c1-16(2)21(23-26-22(27-30-23)18-9-11-24-12-10-18)25-20(29)15-17-5-7-19(8-6-17)28-13-3-4-14-28/h3-14,16,21H,15H2,1-2H3,(H,25,29). The first-order valence-electron chi connectivity index (χ1n) is 9.86. The average Bonchev–Trinajstić information content (AvgIpc) is 3.45. The summed E-state index contributed by atoms with van der Waals surface area (Å²) in [6.45, 7) is 4.01. The maximum atomic E-state index is 12.7. The lowest BCUT2D eigenvalue weighted by atomic mass is 10.0. The van der Waals surface area contributed by atoms with Gasteiger partial charge in [-0.2, -0.15) is 4.98 Å². The number of benzene rings is 1. The van der Waals surface area contributed by atoms with E-state index in [0.717, 1.165) is 16.8 Å². The van der Waals surface area contributed by atoms with Crippen molar-refractivity contribution in [1.82, 2.24) is 25.0 Å². The lowest BCUT2D eigenvalue weighted by Crippen LogP contribution is -2.33. The third-order valence-electron chi connectivity index (χ3n) is 4.83. The van der Waals surface area contributed by atoms with Crippen molar-refractivity contribution in [3.05, 3.63) is 84.8 Å². The molecule has 4 aromatic rings. The summed E-state index contributed by atoms with van der Waals surface area (Å²) < 4.78 is 7.47. The zero-order valence-electron chi connectivity index (χ0n) is 16.9. The molecule has 1 N–H and O–H groups in total. The lowest BCUT2D eigenvalue weighted by molar-refractivity contribution is -0.121. The molecule has 7 nitrogen and oxygen atoms in total. The quantitative estimate of drug-likeness (QED) is 0.506. The van der Waals surface area contributed by atoms with Crippen molar-refractivity contribution in [1.29, 1.82) is 0 Å². The highest BCUT2D eigenvalue weighted by atomic mass is 16.5. The number of nitrogens with zero attached hydrogens (tertiary/aromatic N) is 4. The summed E-state index contributed by atoms with van der Waals surface area (Å²) in [4.78, 5) is 21.2. The van der Waals surface area contributed by atoms with E-state index in [0.29, 0.717) is 11.7 Å². The highest BCUT2D eigenvalue weighted by molar-refractivity contribution is 5.79. The van der Waals surface area contributed by atoms with E-state index >= 15 is 0 Å². The van der Waals surface area contributed by atoms with Crippen LogP contribution in [0.3, 0.4) is 0 Å². The number of nitrogens with one attached hydrogen (secondary N) is 1. The van der Waals surface area contributed by atoms with E-state index in [1.165, 1.54) is 0 Å². The van der Waals surface area contributed by atoms with Gasteiger partial charge in [-0.1, -0.05) is 31.1 Å². The van der Waals surface area contributed by atoms with Crippen LogP contribution in [0.15, 0.2) is 77.8 Å². The first kappa shape index (κ1) is 19.6. The minimum atomic E-state index is -0.361. The minimum absolute atomic E-state index is 0.0916. The molecule has 4 rings (SSSR count). The first-order chi connectivity index (χ1) is 14.6. The molecule has 0 fully saturated rings. The van der Waals surface area contributed by atoms with Crippen LogP contribution in [0.2, 0.25) is 0 Å². The molecule has 0 radical (unpaired) electrons. The van der Waals surface area contributed by atoms with E-state index in [-0.39, 0.29) is 24.3 Å². The Labute approximate surface area is 174 Å². The fraction of sp³-hybridized carbons (Fsp3) is 0.217. The van der Waals surface area contributed by atoms with E-state index in [1.54, 1.807) is 12.4 Å².